The van der Waals surface area contributed by atoms with E-state index >= 15 is 0 Å². The van der Waals surface area contributed by atoms with E-state index in [-0.39, 0.29) is 24.3 Å². The third-order valence-corrected chi connectivity index (χ3v) is 5.06. The van der Waals surface area contributed by atoms with Gasteiger partial charge in [0.05, 0.1) is 5.69 Å². The molecular weight excluding hydrogens is 344 g/mol. The largest absolute Gasteiger partial charge is 0.368 e. The van der Waals surface area contributed by atoms with Gasteiger partial charge >= 0.3 is 0 Å². The molecule has 3 heterocycles. The first kappa shape index (κ1) is 19.1. The Morgan fingerprint density at radius 1 is 1.37 bits per heavy atom. The van der Waals surface area contributed by atoms with Gasteiger partial charge in [-0.1, -0.05) is 13.8 Å². The van der Waals surface area contributed by atoms with Gasteiger partial charge in [-0.15, -0.1) is 0 Å². The fourth-order valence-corrected chi connectivity index (χ4v) is 3.65. The van der Waals surface area contributed by atoms with E-state index in [2.05, 4.69) is 23.9 Å². The Morgan fingerprint density at radius 3 is 2.81 bits per heavy atom. The van der Waals surface area contributed by atoms with Crippen molar-refractivity contribution in [2.45, 2.75) is 58.5 Å². The Hall–Kier alpha value is -2.64. The monoisotopic (exact) mass is 372 g/mol. The third kappa shape index (κ3) is 4.04. The van der Waals surface area contributed by atoms with Gasteiger partial charge in [-0.2, -0.15) is 5.10 Å². The number of rotatable bonds is 6. The standard InChI is InChI=1S/C19H28N6O2/c1-4-25-16(10-15(22-25)13(2)3)19(27)24-8-5-6-14(11-24)18-21-7-9-23(18)12-17(20)26/h7,9-10,13-14H,4-6,8,11-12H2,1-3H3,(H2,20,26)/t14-/m0/s1. The number of primary amides is 1. The normalized spacial score (nSPS) is 17.5. The molecule has 1 aliphatic rings. The molecule has 1 aliphatic heterocycles. The van der Waals surface area contributed by atoms with Crippen molar-refractivity contribution in [1.29, 1.82) is 0 Å². The Balaban J connectivity index is 1.79. The van der Waals surface area contributed by atoms with Crippen LogP contribution in [0, 0.1) is 0 Å². The Labute approximate surface area is 159 Å². The zero-order valence-corrected chi connectivity index (χ0v) is 16.3. The van der Waals surface area contributed by atoms with E-state index in [9.17, 15) is 9.59 Å². The molecule has 0 spiro atoms. The lowest BCUT2D eigenvalue weighted by atomic mass is 9.96. The number of nitrogens with zero attached hydrogens (tertiary/aromatic N) is 5. The Kier molecular flexibility index (Phi) is 5.62. The number of likely N-dealkylation sites (tertiary alicyclic amines) is 1. The van der Waals surface area contributed by atoms with E-state index in [0.717, 1.165) is 30.9 Å². The first-order chi connectivity index (χ1) is 12.9. The first-order valence-electron chi connectivity index (χ1n) is 9.57. The lowest BCUT2D eigenvalue weighted by Gasteiger charge is -2.32. The van der Waals surface area contributed by atoms with Crippen LogP contribution in [0.5, 0.6) is 0 Å². The van der Waals surface area contributed by atoms with Crippen molar-refractivity contribution in [3.8, 4) is 0 Å². The van der Waals surface area contributed by atoms with Crippen molar-refractivity contribution in [2.24, 2.45) is 5.73 Å². The van der Waals surface area contributed by atoms with E-state index in [0.29, 0.717) is 18.8 Å². The van der Waals surface area contributed by atoms with Crippen LogP contribution >= 0.6 is 0 Å². The molecule has 3 rings (SSSR count). The molecule has 2 amide bonds. The number of aromatic nitrogens is 4. The molecule has 0 aromatic carbocycles. The van der Waals surface area contributed by atoms with Gasteiger partial charge in [0.15, 0.2) is 0 Å². The summed E-state index contributed by atoms with van der Waals surface area (Å²) in [6, 6.07) is 1.91. The minimum absolute atomic E-state index is 0.00829. The van der Waals surface area contributed by atoms with Gasteiger partial charge in [0.1, 0.15) is 18.1 Å². The Morgan fingerprint density at radius 2 is 2.15 bits per heavy atom. The van der Waals surface area contributed by atoms with Crippen LogP contribution in [0.15, 0.2) is 18.5 Å². The minimum atomic E-state index is -0.397. The van der Waals surface area contributed by atoms with Crippen LogP contribution < -0.4 is 5.73 Å². The molecule has 0 bridgehead atoms. The van der Waals surface area contributed by atoms with Crippen molar-refractivity contribution >= 4 is 11.8 Å². The lowest BCUT2D eigenvalue weighted by Crippen LogP contribution is -2.40. The summed E-state index contributed by atoms with van der Waals surface area (Å²) in [5.41, 5.74) is 6.91. The van der Waals surface area contributed by atoms with Crippen molar-refractivity contribution in [1.82, 2.24) is 24.2 Å². The molecule has 0 radical (unpaired) electrons. The third-order valence-electron chi connectivity index (χ3n) is 5.06. The number of nitrogens with two attached hydrogens (primary N) is 1. The van der Waals surface area contributed by atoms with Gasteiger partial charge in [0, 0.05) is 37.9 Å². The number of amides is 2. The molecule has 1 saturated heterocycles. The quantitative estimate of drug-likeness (QED) is 0.835. The second-order valence-corrected chi connectivity index (χ2v) is 7.39. The van der Waals surface area contributed by atoms with E-state index in [1.807, 2.05) is 17.9 Å². The van der Waals surface area contributed by atoms with Gasteiger partial charge in [-0.05, 0) is 31.7 Å². The molecular formula is C19H28N6O2. The molecule has 8 nitrogen and oxygen atoms in total. The van der Waals surface area contributed by atoms with Crippen LogP contribution in [0.4, 0.5) is 0 Å². The van der Waals surface area contributed by atoms with E-state index in [1.54, 1.807) is 21.6 Å². The van der Waals surface area contributed by atoms with Crippen LogP contribution in [0.3, 0.4) is 0 Å². The number of hydrogen-bond donors (Lipinski definition) is 1. The number of imidazole rings is 1. The second kappa shape index (κ2) is 7.94. The summed E-state index contributed by atoms with van der Waals surface area (Å²) >= 11 is 0. The predicted molar refractivity (Wildman–Crippen MR) is 101 cm³/mol. The van der Waals surface area contributed by atoms with Crippen LogP contribution in [-0.2, 0) is 17.9 Å². The van der Waals surface area contributed by atoms with Gasteiger partial charge in [-0.3, -0.25) is 14.3 Å². The molecule has 2 aromatic rings. The van der Waals surface area contributed by atoms with Crippen molar-refractivity contribution < 1.29 is 9.59 Å². The van der Waals surface area contributed by atoms with Crippen molar-refractivity contribution in [3.63, 3.8) is 0 Å². The van der Waals surface area contributed by atoms with Gasteiger partial charge in [0.2, 0.25) is 5.91 Å². The molecule has 0 saturated carbocycles. The molecule has 27 heavy (non-hydrogen) atoms. The molecule has 2 N–H and O–H groups in total. The molecule has 2 aromatic heterocycles. The first-order valence-corrected chi connectivity index (χ1v) is 9.57. The maximum atomic E-state index is 13.2. The summed E-state index contributed by atoms with van der Waals surface area (Å²) in [5.74, 6) is 0.803. The summed E-state index contributed by atoms with van der Waals surface area (Å²) < 4.78 is 3.57. The van der Waals surface area contributed by atoms with Crippen LogP contribution in [0.25, 0.3) is 0 Å². The summed E-state index contributed by atoms with van der Waals surface area (Å²) in [6.07, 6.45) is 5.28. The van der Waals surface area contributed by atoms with Gasteiger partial charge in [0.25, 0.3) is 5.91 Å². The number of piperidine rings is 1. The smallest absolute Gasteiger partial charge is 0.272 e. The molecule has 0 unspecified atom stereocenters. The highest BCUT2D eigenvalue weighted by Gasteiger charge is 2.30. The van der Waals surface area contributed by atoms with E-state index in [4.69, 9.17) is 5.73 Å². The minimum Gasteiger partial charge on any atom is -0.368 e. The van der Waals surface area contributed by atoms with Crippen LogP contribution in [0.2, 0.25) is 0 Å². The van der Waals surface area contributed by atoms with E-state index < -0.39 is 5.91 Å². The van der Waals surface area contributed by atoms with E-state index in [1.165, 1.54) is 0 Å². The molecule has 1 atom stereocenters. The SMILES string of the molecule is CCn1nc(C(C)C)cc1C(=O)N1CCC[C@H](c2nccn2CC(N)=O)C1. The fourth-order valence-electron chi connectivity index (χ4n) is 3.65. The topological polar surface area (TPSA) is 99.0 Å². The van der Waals surface area contributed by atoms with Gasteiger partial charge < -0.3 is 15.2 Å². The fraction of sp³-hybridized carbons (Fsp3) is 0.579. The molecule has 146 valence electrons. The van der Waals surface area contributed by atoms with Crippen molar-refractivity contribution in [2.75, 3.05) is 13.1 Å². The van der Waals surface area contributed by atoms with Crippen molar-refractivity contribution in [3.05, 3.63) is 35.7 Å². The maximum Gasteiger partial charge on any atom is 0.272 e. The molecule has 1 fully saturated rings. The highest BCUT2D eigenvalue weighted by atomic mass is 16.2. The zero-order valence-electron chi connectivity index (χ0n) is 16.3. The van der Waals surface area contributed by atoms with Gasteiger partial charge in [-0.25, -0.2) is 4.98 Å². The number of carbonyl (C=O) groups excluding carboxylic acids is 2. The number of hydrogen-bond acceptors (Lipinski definition) is 4. The van der Waals surface area contributed by atoms with Crippen LogP contribution in [0.1, 0.15) is 67.5 Å². The molecule has 8 heteroatoms. The Bertz CT molecular complexity index is 822. The maximum absolute atomic E-state index is 13.2. The average molecular weight is 372 g/mol. The lowest BCUT2D eigenvalue weighted by molar-refractivity contribution is -0.118. The number of aryl methyl sites for hydroxylation is 1. The highest BCUT2D eigenvalue weighted by molar-refractivity contribution is 5.93. The highest BCUT2D eigenvalue weighted by Crippen LogP contribution is 2.27. The number of carbonyl (C=O) groups is 2. The summed E-state index contributed by atoms with van der Waals surface area (Å²) in [5, 5.41) is 4.56. The average Bonchev–Trinajstić information content (AvgIpc) is 3.27. The summed E-state index contributed by atoms with van der Waals surface area (Å²) in [7, 11) is 0. The second-order valence-electron chi connectivity index (χ2n) is 7.39. The molecule has 0 aliphatic carbocycles. The zero-order chi connectivity index (χ0) is 19.6. The predicted octanol–water partition coefficient (Wildman–Crippen LogP) is 1.73. The van der Waals surface area contributed by atoms with Crippen LogP contribution in [-0.4, -0.2) is 49.1 Å². The summed E-state index contributed by atoms with van der Waals surface area (Å²) in [6.45, 7) is 8.22. The summed E-state index contributed by atoms with van der Waals surface area (Å²) in [4.78, 5) is 30.7.